The molecule has 0 spiro atoms. The summed E-state index contributed by atoms with van der Waals surface area (Å²) in [5.41, 5.74) is 0.929. The number of rotatable bonds is 4. The van der Waals surface area contributed by atoms with Crippen molar-refractivity contribution in [2.45, 2.75) is 12.6 Å². The lowest BCUT2D eigenvalue weighted by Gasteiger charge is -2.18. The third-order valence-corrected chi connectivity index (χ3v) is 3.78. The summed E-state index contributed by atoms with van der Waals surface area (Å²) in [6.07, 6.45) is -0.936. The van der Waals surface area contributed by atoms with Crippen molar-refractivity contribution in [1.82, 2.24) is 15.2 Å². The van der Waals surface area contributed by atoms with Gasteiger partial charge in [0.25, 0.3) is 0 Å². The Labute approximate surface area is 130 Å². The molecule has 2 heterocycles. The number of carbonyl (C=O) groups is 2. The highest BCUT2D eigenvalue weighted by molar-refractivity contribution is 5.77. The van der Waals surface area contributed by atoms with E-state index in [1.165, 1.54) is 0 Å². The number of amides is 2. The molecule has 2 atom stereocenters. The number of halogens is 3. The fraction of sp³-hybridized carbons (Fsp3) is 0.500. The van der Waals surface area contributed by atoms with E-state index in [-0.39, 0.29) is 6.54 Å². The molecule has 1 aromatic rings. The van der Waals surface area contributed by atoms with Gasteiger partial charge in [0.2, 0.25) is 0 Å². The number of carbonyl (C=O) groups excluding carboxylic acids is 1. The predicted octanol–water partition coefficient (Wildman–Crippen LogP) is 1.53. The van der Waals surface area contributed by atoms with Gasteiger partial charge in [-0.05, 0) is 24.1 Å². The summed E-state index contributed by atoms with van der Waals surface area (Å²) in [6, 6.07) is 2.85. The molecule has 2 rings (SSSR count). The molecular formula is C14H16F3N3O3. The summed E-state index contributed by atoms with van der Waals surface area (Å²) in [7, 11) is 0. The Kier molecular flexibility index (Phi) is 5.07. The highest BCUT2D eigenvalue weighted by Crippen LogP contribution is 2.37. The Balaban J connectivity index is 1.89. The second-order valence-corrected chi connectivity index (χ2v) is 5.34. The van der Waals surface area contributed by atoms with Crippen molar-refractivity contribution in [3.63, 3.8) is 0 Å². The van der Waals surface area contributed by atoms with Gasteiger partial charge < -0.3 is 15.3 Å². The first-order valence-electron chi connectivity index (χ1n) is 7.00. The molecule has 2 N–H and O–H groups in total. The number of nitrogens with one attached hydrogen (secondary N) is 1. The number of urea groups is 1. The lowest BCUT2D eigenvalue weighted by molar-refractivity contribution is -0.187. The second-order valence-electron chi connectivity index (χ2n) is 5.34. The van der Waals surface area contributed by atoms with Crippen LogP contribution in [0.25, 0.3) is 0 Å². The second kappa shape index (κ2) is 6.84. The molecule has 1 aliphatic rings. The Morgan fingerprint density at radius 3 is 2.48 bits per heavy atom. The van der Waals surface area contributed by atoms with E-state index in [1.807, 2.05) is 0 Å². The minimum atomic E-state index is -4.64. The molecule has 1 aromatic heterocycles. The average Bonchev–Trinajstić information content (AvgIpc) is 2.94. The standard InChI is InChI=1S/C14H16F3N3O3/c15-14(16,17)11-8-20(7-10(11)12(21)22)13(23)19-6-3-9-1-4-18-5-2-9/h1-2,4-5,10-11H,3,6-8H2,(H,19,23)(H,21,22)/t10-,11-/m1/s1. The number of carboxylic acids is 1. The average molecular weight is 331 g/mol. The summed E-state index contributed by atoms with van der Waals surface area (Å²) in [6.45, 7) is -0.837. The van der Waals surface area contributed by atoms with Crippen molar-refractivity contribution >= 4 is 12.0 Å². The zero-order chi connectivity index (χ0) is 17.0. The number of likely N-dealkylation sites (tertiary alicyclic amines) is 1. The van der Waals surface area contributed by atoms with Crippen LogP contribution in [0.3, 0.4) is 0 Å². The molecule has 0 aliphatic carbocycles. The van der Waals surface area contributed by atoms with Crippen LogP contribution < -0.4 is 5.32 Å². The first-order chi connectivity index (χ1) is 10.8. The summed E-state index contributed by atoms with van der Waals surface area (Å²) in [4.78, 5) is 27.6. The number of carboxylic acid groups (broad SMARTS) is 1. The van der Waals surface area contributed by atoms with E-state index in [0.29, 0.717) is 6.42 Å². The van der Waals surface area contributed by atoms with Gasteiger partial charge in [0.05, 0.1) is 11.8 Å². The molecular weight excluding hydrogens is 315 g/mol. The third-order valence-electron chi connectivity index (χ3n) is 3.78. The Hall–Kier alpha value is -2.32. The maximum atomic E-state index is 12.9. The van der Waals surface area contributed by atoms with Crippen molar-refractivity contribution in [3.8, 4) is 0 Å². The predicted molar refractivity (Wildman–Crippen MR) is 73.6 cm³/mol. The number of alkyl halides is 3. The minimum absolute atomic E-state index is 0.244. The van der Waals surface area contributed by atoms with Crippen molar-refractivity contribution in [3.05, 3.63) is 30.1 Å². The van der Waals surface area contributed by atoms with E-state index in [2.05, 4.69) is 10.3 Å². The fourth-order valence-corrected chi connectivity index (χ4v) is 2.53. The van der Waals surface area contributed by atoms with Crippen LogP contribution in [0, 0.1) is 11.8 Å². The molecule has 1 fully saturated rings. The van der Waals surface area contributed by atoms with Crippen LogP contribution in [-0.2, 0) is 11.2 Å². The highest BCUT2D eigenvalue weighted by Gasteiger charge is 2.53. The number of aromatic nitrogens is 1. The van der Waals surface area contributed by atoms with E-state index in [1.54, 1.807) is 24.5 Å². The molecule has 1 saturated heterocycles. The van der Waals surface area contributed by atoms with Gasteiger partial charge in [-0.3, -0.25) is 9.78 Å². The number of nitrogens with zero attached hydrogens (tertiary/aromatic N) is 2. The van der Waals surface area contributed by atoms with Crippen molar-refractivity contribution in [2.24, 2.45) is 11.8 Å². The monoisotopic (exact) mass is 331 g/mol. The van der Waals surface area contributed by atoms with Crippen LogP contribution in [0.15, 0.2) is 24.5 Å². The van der Waals surface area contributed by atoms with Gasteiger partial charge in [-0.15, -0.1) is 0 Å². The molecule has 6 nitrogen and oxygen atoms in total. The molecule has 23 heavy (non-hydrogen) atoms. The molecule has 1 aliphatic heterocycles. The zero-order valence-corrected chi connectivity index (χ0v) is 12.1. The van der Waals surface area contributed by atoms with Crippen LogP contribution in [0.1, 0.15) is 5.56 Å². The number of aliphatic carboxylic acids is 1. The normalized spacial score (nSPS) is 21.3. The van der Waals surface area contributed by atoms with Crippen molar-refractivity contribution in [1.29, 1.82) is 0 Å². The third kappa shape index (κ3) is 4.33. The molecule has 0 radical (unpaired) electrons. The molecule has 0 saturated carbocycles. The SMILES string of the molecule is O=C(O)[C@@H]1CN(C(=O)NCCc2ccncc2)C[C@H]1C(F)(F)F. The summed E-state index contributed by atoms with van der Waals surface area (Å²) < 4.78 is 38.6. The van der Waals surface area contributed by atoms with Gasteiger partial charge in [0.15, 0.2) is 0 Å². The zero-order valence-electron chi connectivity index (χ0n) is 12.1. The molecule has 126 valence electrons. The summed E-state index contributed by atoms with van der Waals surface area (Å²) in [5.74, 6) is -5.20. The molecule has 0 unspecified atom stereocenters. The molecule has 0 aromatic carbocycles. The number of pyridine rings is 1. The van der Waals surface area contributed by atoms with Gasteiger partial charge in [-0.2, -0.15) is 13.2 Å². The van der Waals surface area contributed by atoms with E-state index < -0.39 is 43.1 Å². The smallest absolute Gasteiger partial charge is 0.394 e. The van der Waals surface area contributed by atoms with Crippen LogP contribution in [0.4, 0.5) is 18.0 Å². The summed E-state index contributed by atoms with van der Waals surface area (Å²) in [5, 5.41) is 11.4. The van der Waals surface area contributed by atoms with Crippen molar-refractivity contribution in [2.75, 3.05) is 19.6 Å². The van der Waals surface area contributed by atoms with Crippen LogP contribution in [-0.4, -0.2) is 52.8 Å². The van der Waals surface area contributed by atoms with Crippen molar-refractivity contribution < 1.29 is 27.9 Å². The van der Waals surface area contributed by atoms with Crippen LogP contribution in [0.5, 0.6) is 0 Å². The lowest BCUT2D eigenvalue weighted by Crippen LogP contribution is -2.40. The largest absolute Gasteiger partial charge is 0.481 e. The van der Waals surface area contributed by atoms with Gasteiger partial charge in [0.1, 0.15) is 0 Å². The fourth-order valence-electron chi connectivity index (χ4n) is 2.53. The van der Waals surface area contributed by atoms with E-state index in [9.17, 15) is 22.8 Å². The molecule has 9 heteroatoms. The summed E-state index contributed by atoms with van der Waals surface area (Å²) >= 11 is 0. The van der Waals surface area contributed by atoms with E-state index in [0.717, 1.165) is 10.5 Å². The molecule has 0 bridgehead atoms. The van der Waals surface area contributed by atoms with Crippen LogP contribution in [0.2, 0.25) is 0 Å². The first kappa shape index (κ1) is 17.0. The molecule has 2 amide bonds. The topological polar surface area (TPSA) is 82.5 Å². The maximum absolute atomic E-state index is 12.9. The maximum Gasteiger partial charge on any atom is 0.394 e. The van der Waals surface area contributed by atoms with E-state index in [4.69, 9.17) is 5.11 Å². The van der Waals surface area contributed by atoms with Crippen LogP contribution >= 0.6 is 0 Å². The number of hydrogen-bond donors (Lipinski definition) is 2. The van der Waals surface area contributed by atoms with Gasteiger partial charge in [-0.1, -0.05) is 0 Å². The van der Waals surface area contributed by atoms with E-state index >= 15 is 0 Å². The highest BCUT2D eigenvalue weighted by atomic mass is 19.4. The Morgan fingerprint density at radius 1 is 1.30 bits per heavy atom. The lowest BCUT2D eigenvalue weighted by atomic mass is 9.96. The number of hydrogen-bond acceptors (Lipinski definition) is 3. The Bertz CT molecular complexity index is 565. The first-order valence-corrected chi connectivity index (χ1v) is 7.00. The Morgan fingerprint density at radius 2 is 1.96 bits per heavy atom. The quantitative estimate of drug-likeness (QED) is 0.876. The minimum Gasteiger partial charge on any atom is -0.481 e. The van der Waals surface area contributed by atoms with Gasteiger partial charge >= 0.3 is 18.2 Å². The van der Waals surface area contributed by atoms with Gasteiger partial charge in [0, 0.05) is 32.0 Å². The van der Waals surface area contributed by atoms with Gasteiger partial charge in [-0.25, -0.2) is 4.79 Å².